The first-order valence-corrected chi connectivity index (χ1v) is 7.34. The van der Waals surface area contributed by atoms with Gasteiger partial charge in [-0.2, -0.15) is 0 Å². The van der Waals surface area contributed by atoms with E-state index < -0.39 is 0 Å². The summed E-state index contributed by atoms with van der Waals surface area (Å²) < 4.78 is 0. The minimum Gasteiger partial charge on any atom is -0.316 e. The highest BCUT2D eigenvalue weighted by molar-refractivity contribution is 5.33. The summed E-state index contributed by atoms with van der Waals surface area (Å²) in [5.74, 6) is 0.669. The van der Waals surface area contributed by atoms with Gasteiger partial charge in [0.25, 0.3) is 5.69 Å². The largest absolute Gasteiger partial charge is 0.316 e. The number of nitro groups is 1. The number of rotatable bonds is 5. The van der Waals surface area contributed by atoms with Crippen molar-refractivity contribution in [3.63, 3.8) is 0 Å². The molecule has 0 spiro atoms. The first kappa shape index (κ1) is 15.0. The van der Waals surface area contributed by atoms with Gasteiger partial charge in [-0.1, -0.05) is 32.4 Å². The molecule has 4 heteroatoms. The maximum absolute atomic E-state index is 10.7. The average Bonchev–Trinajstić information content (AvgIpc) is 2.76. The molecular weight excluding hydrogens is 252 g/mol. The van der Waals surface area contributed by atoms with Crippen LogP contribution in [0.15, 0.2) is 24.3 Å². The van der Waals surface area contributed by atoms with E-state index in [0.717, 1.165) is 12.0 Å². The Hall–Kier alpha value is -1.42. The van der Waals surface area contributed by atoms with Gasteiger partial charge in [0, 0.05) is 18.2 Å². The molecule has 0 heterocycles. The average molecular weight is 276 g/mol. The quantitative estimate of drug-likeness (QED) is 0.661. The highest BCUT2D eigenvalue weighted by Gasteiger charge is 2.38. The van der Waals surface area contributed by atoms with Crippen molar-refractivity contribution in [2.75, 3.05) is 7.05 Å². The summed E-state index contributed by atoms with van der Waals surface area (Å²) in [6, 6.07) is 7.40. The number of benzene rings is 1. The fourth-order valence-corrected chi connectivity index (χ4v) is 3.55. The Kier molecular flexibility index (Phi) is 4.43. The fourth-order valence-electron chi connectivity index (χ4n) is 3.55. The zero-order valence-electron chi connectivity index (χ0n) is 12.6. The molecule has 2 unspecified atom stereocenters. The summed E-state index contributed by atoms with van der Waals surface area (Å²) in [6.07, 6.45) is 4.79. The molecule has 4 nitrogen and oxygen atoms in total. The molecule has 1 aromatic carbocycles. The van der Waals surface area contributed by atoms with Gasteiger partial charge in [0.05, 0.1) is 4.92 Å². The van der Waals surface area contributed by atoms with E-state index in [1.165, 1.54) is 19.3 Å². The van der Waals surface area contributed by atoms with Crippen LogP contribution in [0.3, 0.4) is 0 Å². The van der Waals surface area contributed by atoms with E-state index in [1.54, 1.807) is 12.1 Å². The van der Waals surface area contributed by atoms with Crippen LogP contribution in [-0.4, -0.2) is 18.0 Å². The Morgan fingerprint density at radius 3 is 2.50 bits per heavy atom. The zero-order valence-corrected chi connectivity index (χ0v) is 12.6. The number of hydrogen-bond acceptors (Lipinski definition) is 3. The Labute approximate surface area is 120 Å². The minimum absolute atomic E-state index is 0.163. The minimum atomic E-state index is -0.348. The summed E-state index contributed by atoms with van der Waals surface area (Å²) in [5, 5.41) is 14.1. The standard InChI is InChI=1S/C16H24N2O2/c1-16(2)10-4-5-14(16)15(17-3)11-12-6-8-13(9-7-12)18(19)20/h6-9,14-15,17H,4-5,10-11H2,1-3H3. The molecule has 0 aromatic heterocycles. The Morgan fingerprint density at radius 2 is 2.05 bits per heavy atom. The number of hydrogen-bond donors (Lipinski definition) is 1. The van der Waals surface area contributed by atoms with E-state index in [4.69, 9.17) is 0 Å². The second-order valence-electron chi connectivity index (χ2n) is 6.51. The van der Waals surface area contributed by atoms with Crippen molar-refractivity contribution in [3.8, 4) is 0 Å². The third kappa shape index (κ3) is 3.18. The van der Waals surface area contributed by atoms with Gasteiger partial charge >= 0.3 is 0 Å². The second kappa shape index (κ2) is 5.92. The van der Waals surface area contributed by atoms with Gasteiger partial charge in [0.2, 0.25) is 0 Å². The molecule has 2 atom stereocenters. The number of nitrogens with zero attached hydrogens (tertiary/aromatic N) is 1. The van der Waals surface area contributed by atoms with Crippen molar-refractivity contribution in [3.05, 3.63) is 39.9 Å². The summed E-state index contributed by atoms with van der Waals surface area (Å²) in [7, 11) is 2.02. The van der Waals surface area contributed by atoms with E-state index >= 15 is 0 Å². The SMILES string of the molecule is CNC(Cc1ccc([N+](=O)[O-])cc1)C1CCCC1(C)C. The van der Waals surface area contributed by atoms with Crippen molar-refractivity contribution in [1.29, 1.82) is 0 Å². The van der Waals surface area contributed by atoms with Crippen molar-refractivity contribution in [2.24, 2.45) is 11.3 Å². The zero-order chi connectivity index (χ0) is 14.8. The lowest BCUT2D eigenvalue weighted by Crippen LogP contribution is -2.40. The molecule has 0 amide bonds. The number of nitro benzene ring substituents is 1. The van der Waals surface area contributed by atoms with E-state index in [0.29, 0.717) is 17.4 Å². The maximum atomic E-state index is 10.7. The van der Waals surface area contributed by atoms with Gasteiger partial charge in [-0.05, 0) is 43.2 Å². The van der Waals surface area contributed by atoms with Gasteiger partial charge in [-0.15, -0.1) is 0 Å². The third-order valence-corrected chi connectivity index (χ3v) is 4.80. The lowest BCUT2D eigenvalue weighted by Gasteiger charge is -2.34. The smallest absolute Gasteiger partial charge is 0.269 e. The first-order valence-electron chi connectivity index (χ1n) is 7.34. The van der Waals surface area contributed by atoms with Gasteiger partial charge in [0.15, 0.2) is 0 Å². The molecule has 0 saturated heterocycles. The van der Waals surface area contributed by atoms with Crippen LogP contribution in [0.2, 0.25) is 0 Å². The monoisotopic (exact) mass is 276 g/mol. The van der Waals surface area contributed by atoms with Crippen LogP contribution in [0, 0.1) is 21.4 Å². The van der Waals surface area contributed by atoms with Crippen molar-refractivity contribution in [2.45, 2.75) is 45.6 Å². The molecule has 0 bridgehead atoms. The number of likely N-dealkylation sites (N-methyl/N-ethyl adjacent to an activating group) is 1. The Balaban J connectivity index is 2.08. The molecule has 2 rings (SSSR count). The predicted octanol–water partition coefficient (Wildman–Crippen LogP) is 3.55. The normalized spacial score (nSPS) is 22.6. The molecule has 1 aliphatic rings. The molecule has 1 aliphatic carbocycles. The van der Waals surface area contributed by atoms with E-state index in [-0.39, 0.29) is 10.6 Å². The molecule has 1 fully saturated rings. The molecule has 1 aromatic rings. The van der Waals surface area contributed by atoms with Crippen molar-refractivity contribution in [1.82, 2.24) is 5.32 Å². The summed E-state index contributed by atoms with van der Waals surface area (Å²) in [4.78, 5) is 10.3. The van der Waals surface area contributed by atoms with Crippen LogP contribution in [-0.2, 0) is 6.42 Å². The van der Waals surface area contributed by atoms with E-state index in [9.17, 15) is 10.1 Å². The van der Waals surface area contributed by atoms with E-state index in [1.807, 2.05) is 19.2 Å². The van der Waals surface area contributed by atoms with Gasteiger partial charge < -0.3 is 5.32 Å². The summed E-state index contributed by atoms with van der Waals surface area (Å²) >= 11 is 0. The van der Waals surface area contributed by atoms with Crippen LogP contribution < -0.4 is 5.32 Å². The summed E-state index contributed by atoms with van der Waals surface area (Å²) in [6.45, 7) is 4.70. The van der Waals surface area contributed by atoms with Gasteiger partial charge in [-0.3, -0.25) is 10.1 Å². The second-order valence-corrected chi connectivity index (χ2v) is 6.51. The molecule has 1 saturated carbocycles. The predicted molar refractivity (Wildman–Crippen MR) is 80.8 cm³/mol. The Morgan fingerprint density at radius 1 is 1.40 bits per heavy atom. The first-order chi connectivity index (χ1) is 9.44. The van der Waals surface area contributed by atoms with Crippen LogP contribution in [0.1, 0.15) is 38.7 Å². The van der Waals surface area contributed by atoms with Crippen LogP contribution >= 0.6 is 0 Å². The lowest BCUT2D eigenvalue weighted by atomic mass is 9.76. The van der Waals surface area contributed by atoms with Crippen LogP contribution in [0.25, 0.3) is 0 Å². The topological polar surface area (TPSA) is 55.2 Å². The molecule has 0 radical (unpaired) electrons. The number of nitrogens with one attached hydrogen (secondary N) is 1. The van der Waals surface area contributed by atoms with Gasteiger partial charge in [-0.25, -0.2) is 0 Å². The maximum Gasteiger partial charge on any atom is 0.269 e. The molecule has 110 valence electrons. The molecular formula is C16H24N2O2. The van der Waals surface area contributed by atoms with Crippen molar-refractivity contribution >= 4 is 5.69 Å². The molecule has 1 N–H and O–H groups in total. The molecule has 0 aliphatic heterocycles. The highest BCUT2D eigenvalue weighted by atomic mass is 16.6. The third-order valence-electron chi connectivity index (χ3n) is 4.80. The lowest BCUT2D eigenvalue weighted by molar-refractivity contribution is -0.384. The highest BCUT2D eigenvalue weighted by Crippen LogP contribution is 2.44. The van der Waals surface area contributed by atoms with Crippen molar-refractivity contribution < 1.29 is 4.92 Å². The van der Waals surface area contributed by atoms with Gasteiger partial charge in [0.1, 0.15) is 0 Å². The van der Waals surface area contributed by atoms with Crippen LogP contribution in [0.5, 0.6) is 0 Å². The summed E-state index contributed by atoms with van der Waals surface area (Å²) in [5.41, 5.74) is 1.71. The van der Waals surface area contributed by atoms with E-state index in [2.05, 4.69) is 19.2 Å². The number of non-ortho nitro benzene ring substituents is 1. The fraction of sp³-hybridized carbons (Fsp3) is 0.625. The molecule has 20 heavy (non-hydrogen) atoms. The Bertz CT molecular complexity index is 468. The van der Waals surface area contributed by atoms with Crippen LogP contribution in [0.4, 0.5) is 5.69 Å².